The van der Waals surface area contributed by atoms with E-state index in [-0.39, 0.29) is 5.54 Å². The number of ether oxygens (including phenoxy) is 1. The van der Waals surface area contributed by atoms with Crippen molar-refractivity contribution in [2.24, 2.45) is 0 Å². The molecule has 1 aromatic carbocycles. The normalized spacial score (nSPS) is 16.8. The van der Waals surface area contributed by atoms with Crippen molar-refractivity contribution in [2.75, 3.05) is 0 Å². The van der Waals surface area contributed by atoms with Crippen molar-refractivity contribution >= 4 is 0 Å². The summed E-state index contributed by atoms with van der Waals surface area (Å²) in [5, 5.41) is 3.55. The zero-order valence-corrected chi connectivity index (χ0v) is 12.8. The smallest absolute Gasteiger partial charge is 0.127 e. The zero-order valence-electron chi connectivity index (χ0n) is 12.8. The van der Waals surface area contributed by atoms with Crippen molar-refractivity contribution in [3.05, 3.63) is 29.3 Å². The minimum atomic E-state index is 0.133. The molecule has 1 saturated carbocycles. The Balaban J connectivity index is 2.10. The van der Waals surface area contributed by atoms with Crippen LogP contribution in [0, 0.1) is 6.92 Å². The molecule has 0 saturated heterocycles. The van der Waals surface area contributed by atoms with Gasteiger partial charge in [-0.05, 0) is 58.9 Å². The van der Waals surface area contributed by atoms with E-state index >= 15 is 0 Å². The van der Waals surface area contributed by atoms with E-state index in [2.05, 4.69) is 51.2 Å². The lowest BCUT2D eigenvalue weighted by Gasteiger charge is -2.23. The predicted molar refractivity (Wildman–Crippen MR) is 80.7 cm³/mol. The van der Waals surface area contributed by atoms with Crippen molar-refractivity contribution in [2.45, 2.75) is 71.6 Å². The molecule has 0 bridgehead atoms. The number of aryl methyl sites for hydroxylation is 1. The summed E-state index contributed by atoms with van der Waals surface area (Å²) in [7, 11) is 0. The molecule has 1 aliphatic carbocycles. The number of nitrogens with one attached hydrogen (secondary N) is 1. The summed E-state index contributed by atoms with van der Waals surface area (Å²) < 4.78 is 6.26. The Labute approximate surface area is 117 Å². The number of para-hydroxylation sites is 1. The highest BCUT2D eigenvalue weighted by molar-refractivity contribution is 5.41. The maximum atomic E-state index is 6.26. The lowest BCUT2D eigenvalue weighted by Crippen LogP contribution is -2.35. The second-order valence-electron chi connectivity index (χ2n) is 6.69. The lowest BCUT2D eigenvalue weighted by molar-refractivity contribution is 0.205. The number of benzene rings is 1. The van der Waals surface area contributed by atoms with Gasteiger partial charge in [0.2, 0.25) is 0 Å². The summed E-state index contributed by atoms with van der Waals surface area (Å²) >= 11 is 0. The molecule has 1 N–H and O–H groups in total. The molecule has 1 aromatic rings. The van der Waals surface area contributed by atoms with Gasteiger partial charge < -0.3 is 10.1 Å². The third-order valence-corrected chi connectivity index (χ3v) is 3.69. The van der Waals surface area contributed by atoms with E-state index in [1.165, 1.54) is 36.8 Å². The summed E-state index contributed by atoms with van der Waals surface area (Å²) in [6.45, 7) is 9.60. The molecule has 0 spiro atoms. The van der Waals surface area contributed by atoms with E-state index in [4.69, 9.17) is 4.74 Å². The van der Waals surface area contributed by atoms with Crippen LogP contribution in [0.3, 0.4) is 0 Å². The first-order valence-corrected chi connectivity index (χ1v) is 7.46. The van der Waals surface area contributed by atoms with Gasteiger partial charge in [-0.1, -0.05) is 18.2 Å². The third-order valence-electron chi connectivity index (χ3n) is 3.69. The van der Waals surface area contributed by atoms with Crippen LogP contribution in [0.5, 0.6) is 5.75 Å². The second kappa shape index (κ2) is 5.96. The summed E-state index contributed by atoms with van der Waals surface area (Å²) in [6.07, 6.45) is 5.47. The Morgan fingerprint density at radius 3 is 2.53 bits per heavy atom. The minimum Gasteiger partial charge on any atom is -0.490 e. The zero-order chi connectivity index (χ0) is 13.9. The van der Waals surface area contributed by atoms with Crippen LogP contribution in [0.1, 0.15) is 57.6 Å². The average molecular weight is 261 g/mol. The standard InChI is InChI=1S/C17H27NO/c1-13-8-7-9-14(12-18-17(2,3)4)16(13)19-15-10-5-6-11-15/h7-9,15,18H,5-6,10-12H2,1-4H3. The van der Waals surface area contributed by atoms with Crippen LogP contribution < -0.4 is 10.1 Å². The number of hydrogen-bond acceptors (Lipinski definition) is 2. The molecule has 19 heavy (non-hydrogen) atoms. The molecule has 1 aliphatic rings. The SMILES string of the molecule is Cc1cccc(CNC(C)(C)C)c1OC1CCCC1. The molecule has 0 aliphatic heterocycles. The van der Waals surface area contributed by atoms with Gasteiger partial charge in [0.05, 0.1) is 6.10 Å². The van der Waals surface area contributed by atoms with Crippen molar-refractivity contribution in [1.82, 2.24) is 5.32 Å². The first-order chi connectivity index (χ1) is 8.96. The maximum Gasteiger partial charge on any atom is 0.127 e. The highest BCUT2D eigenvalue weighted by atomic mass is 16.5. The number of rotatable bonds is 4. The van der Waals surface area contributed by atoms with Crippen LogP contribution in [0.25, 0.3) is 0 Å². The molecule has 106 valence electrons. The topological polar surface area (TPSA) is 21.3 Å². The van der Waals surface area contributed by atoms with Crippen LogP contribution in [-0.4, -0.2) is 11.6 Å². The van der Waals surface area contributed by atoms with Gasteiger partial charge in [0.1, 0.15) is 5.75 Å². The van der Waals surface area contributed by atoms with Gasteiger partial charge in [-0.25, -0.2) is 0 Å². The fourth-order valence-corrected chi connectivity index (χ4v) is 2.55. The molecular formula is C17H27NO. The van der Waals surface area contributed by atoms with Gasteiger partial charge in [0.15, 0.2) is 0 Å². The van der Waals surface area contributed by atoms with Crippen molar-refractivity contribution < 1.29 is 4.74 Å². The first-order valence-electron chi connectivity index (χ1n) is 7.46. The largest absolute Gasteiger partial charge is 0.490 e. The van der Waals surface area contributed by atoms with E-state index in [1.54, 1.807) is 0 Å². The third kappa shape index (κ3) is 4.24. The van der Waals surface area contributed by atoms with Crippen molar-refractivity contribution in [3.63, 3.8) is 0 Å². The van der Waals surface area contributed by atoms with Gasteiger partial charge in [-0.3, -0.25) is 0 Å². The Morgan fingerprint density at radius 2 is 1.89 bits per heavy atom. The minimum absolute atomic E-state index is 0.133. The maximum absolute atomic E-state index is 6.26. The molecule has 2 heteroatoms. The van der Waals surface area contributed by atoms with E-state index in [0.29, 0.717) is 6.10 Å². The van der Waals surface area contributed by atoms with E-state index in [0.717, 1.165) is 12.3 Å². The van der Waals surface area contributed by atoms with Gasteiger partial charge in [0.25, 0.3) is 0 Å². The first kappa shape index (κ1) is 14.4. The second-order valence-corrected chi connectivity index (χ2v) is 6.69. The van der Waals surface area contributed by atoms with Gasteiger partial charge in [-0.15, -0.1) is 0 Å². The van der Waals surface area contributed by atoms with Crippen LogP contribution in [-0.2, 0) is 6.54 Å². The quantitative estimate of drug-likeness (QED) is 0.877. The summed E-state index contributed by atoms with van der Waals surface area (Å²) in [4.78, 5) is 0. The fraction of sp³-hybridized carbons (Fsp3) is 0.647. The summed E-state index contributed by atoms with van der Waals surface area (Å²) in [6, 6.07) is 6.44. The molecule has 0 heterocycles. The highest BCUT2D eigenvalue weighted by Gasteiger charge is 2.19. The van der Waals surface area contributed by atoms with Gasteiger partial charge in [0, 0.05) is 17.6 Å². The Hall–Kier alpha value is -1.02. The van der Waals surface area contributed by atoms with Crippen molar-refractivity contribution in [3.8, 4) is 5.75 Å². The van der Waals surface area contributed by atoms with Crippen molar-refractivity contribution in [1.29, 1.82) is 0 Å². The van der Waals surface area contributed by atoms with Gasteiger partial charge in [-0.2, -0.15) is 0 Å². The Kier molecular flexibility index (Phi) is 4.51. The van der Waals surface area contributed by atoms with E-state index in [9.17, 15) is 0 Å². The van der Waals surface area contributed by atoms with Crippen LogP contribution >= 0.6 is 0 Å². The lowest BCUT2D eigenvalue weighted by atomic mass is 10.1. The molecule has 0 radical (unpaired) electrons. The summed E-state index contributed by atoms with van der Waals surface area (Å²) in [5.74, 6) is 1.10. The van der Waals surface area contributed by atoms with Crippen LogP contribution in [0.4, 0.5) is 0 Å². The monoisotopic (exact) mass is 261 g/mol. The molecule has 2 rings (SSSR count). The summed E-state index contributed by atoms with van der Waals surface area (Å²) in [5.41, 5.74) is 2.66. The predicted octanol–water partition coefficient (Wildman–Crippen LogP) is 4.20. The van der Waals surface area contributed by atoms with Crippen LogP contribution in [0.15, 0.2) is 18.2 Å². The van der Waals surface area contributed by atoms with Crippen LogP contribution in [0.2, 0.25) is 0 Å². The molecule has 0 amide bonds. The molecule has 0 aromatic heterocycles. The molecule has 0 unspecified atom stereocenters. The van der Waals surface area contributed by atoms with Gasteiger partial charge >= 0.3 is 0 Å². The molecule has 0 atom stereocenters. The molecular weight excluding hydrogens is 234 g/mol. The highest BCUT2D eigenvalue weighted by Crippen LogP contribution is 2.29. The Morgan fingerprint density at radius 1 is 1.21 bits per heavy atom. The van der Waals surface area contributed by atoms with E-state index < -0.39 is 0 Å². The Bertz CT molecular complexity index is 414. The van der Waals surface area contributed by atoms with E-state index in [1.807, 2.05) is 0 Å². The average Bonchev–Trinajstić information content (AvgIpc) is 2.82. The number of hydrogen-bond donors (Lipinski definition) is 1. The molecule has 1 fully saturated rings. The fourth-order valence-electron chi connectivity index (χ4n) is 2.55. The molecule has 2 nitrogen and oxygen atoms in total.